The van der Waals surface area contributed by atoms with Crippen molar-refractivity contribution in [3.05, 3.63) is 59.7 Å². The third-order valence-electron chi connectivity index (χ3n) is 3.40. The van der Waals surface area contributed by atoms with Gasteiger partial charge in [-0.2, -0.15) is 0 Å². The van der Waals surface area contributed by atoms with E-state index in [2.05, 4.69) is 0 Å². The van der Waals surface area contributed by atoms with E-state index in [1.54, 1.807) is 48.5 Å². The molecule has 0 radical (unpaired) electrons. The van der Waals surface area contributed by atoms with Crippen LogP contribution in [-0.4, -0.2) is 19.9 Å². The highest BCUT2D eigenvalue weighted by Gasteiger charge is 2.23. The van der Waals surface area contributed by atoms with Gasteiger partial charge in [0.1, 0.15) is 0 Å². The highest BCUT2D eigenvalue weighted by atomic mass is 35.5. The molecule has 2 aromatic rings. The maximum absolute atomic E-state index is 12.3. The molecular formula is C16H18Cl2N2O2S. The molecule has 2 atom stereocenters. The molecule has 23 heavy (non-hydrogen) atoms. The first-order valence-corrected chi connectivity index (χ1v) is 9.66. The lowest BCUT2D eigenvalue weighted by molar-refractivity contribution is 0.593. The Morgan fingerprint density at radius 1 is 0.739 bits per heavy atom. The van der Waals surface area contributed by atoms with Gasteiger partial charge in [0, 0.05) is 11.4 Å². The quantitative estimate of drug-likeness (QED) is 0.599. The minimum Gasteiger partial charge on any atom is -0.399 e. The molecule has 0 aromatic heterocycles. The molecule has 0 aliphatic heterocycles. The third kappa shape index (κ3) is 5.30. The third-order valence-corrected chi connectivity index (χ3v) is 6.26. The Morgan fingerprint density at radius 2 is 1.04 bits per heavy atom. The van der Waals surface area contributed by atoms with Crippen LogP contribution in [0.1, 0.15) is 21.9 Å². The van der Waals surface area contributed by atoms with E-state index in [1.807, 2.05) is 0 Å². The van der Waals surface area contributed by atoms with E-state index < -0.39 is 20.6 Å². The van der Waals surface area contributed by atoms with Crippen LogP contribution in [0, 0.1) is 0 Å². The summed E-state index contributed by atoms with van der Waals surface area (Å²) in [4.78, 5) is 0. The topological polar surface area (TPSA) is 86.2 Å². The summed E-state index contributed by atoms with van der Waals surface area (Å²) in [5.74, 6) is -0.368. The molecule has 2 aromatic carbocycles. The van der Waals surface area contributed by atoms with Crippen LogP contribution in [0.25, 0.3) is 0 Å². The summed E-state index contributed by atoms with van der Waals surface area (Å²) in [6.07, 6.45) is 0. The lowest BCUT2D eigenvalue weighted by atomic mass is 10.1. The number of hydrogen-bond acceptors (Lipinski definition) is 4. The molecule has 0 saturated heterocycles. The van der Waals surface area contributed by atoms with Gasteiger partial charge >= 0.3 is 0 Å². The van der Waals surface area contributed by atoms with Crippen LogP contribution < -0.4 is 11.5 Å². The zero-order valence-corrected chi connectivity index (χ0v) is 14.7. The average Bonchev–Trinajstić information content (AvgIpc) is 2.47. The van der Waals surface area contributed by atoms with Crippen LogP contribution >= 0.6 is 23.2 Å². The number of halogens is 2. The molecule has 0 bridgehead atoms. The van der Waals surface area contributed by atoms with Gasteiger partial charge in [0.15, 0.2) is 9.84 Å². The number of benzene rings is 2. The van der Waals surface area contributed by atoms with E-state index in [4.69, 9.17) is 34.7 Å². The Morgan fingerprint density at radius 3 is 1.35 bits per heavy atom. The summed E-state index contributed by atoms with van der Waals surface area (Å²) in [5.41, 5.74) is 13.8. The zero-order chi connectivity index (χ0) is 17.0. The fourth-order valence-corrected chi connectivity index (χ4v) is 4.97. The largest absolute Gasteiger partial charge is 0.399 e. The first kappa shape index (κ1) is 17.9. The molecule has 0 heterocycles. The van der Waals surface area contributed by atoms with Crippen molar-refractivity contribution in [2.45, 2.75) is 10.8 Å². The normalized spacial score (nSPS) is 14.3. The second kappa shape index (κ2) is 7.43. The predicted octanol–water partition coefficient (Wildman–Crippen LogP) is 3.53. The number of anilines is 2. The number of hydrogen-bond donors (Lipinski definition) is 2. The first-order chi connectivity index (χ1) is 10.8. The van der Waals surface area contributed by atoms with E-state index in [0.29, 0.717) is 22.5 Å². The summed E-state index contributed by atoms with van der Waals surface area (Å²) in [6, 6.07) is 13.7. The molecule has 4 nitrogen and oxygen atoms in total. The van der Waals surface area contributed by atoms with Crippen molar-refractivity contribution in [2.24, 2.45) is 0 Å². The second-order valence-corrected chi connectivity index (χ2v) is 8.55. The van der Waals surface area contributed by atoms with Gasteiger partial charge in [-0.25, -0.2) is 8.42 Å². The van der Waals surface area contributed by atoms with Crippen LogP contribution in [-0.2, 0) is 9.84 Å². The van der Waals surface area contributed by atoms with Gasteiger partial charge in [0.25, 0.3) is 0 Å². The van der Waals surface area contributed by atoms with Crippen molar-refractivity contribution in [1.29, 1.82) is 0 Å². The van der Waals surface area contributed by atoms with Crippen molar-refractivity contribution in [3.63, 3.8) is 0 Å². The molecule has 0 aliphatic rings. The van der Waals surface area contributed by atoms with Gasteiger partial charge < -0.3 is 11.5 Å². The number of rotatable bonds is 6. The smallest absolute Gasteiger partial charge is 0.153 e. The van der Waals surface area contributed by atoms with Crippen molar-refractivity contribution >= 4 is 44.4 Å². The molecule has 4 N–H and O–H groups in total. The molecule has 0 aliphatic carbocycles. The van der Waals surface area contributed by atoms with E-state index in [9.17, 15) is 8.42 Å². The molecular weight excluding hydrogens is 355 g/mol. The molecule has 2 unspecified atom stereocenters. The maximum Gasteiger partial charge on any atom is 0.153 e. The highest BCUT2D eigenvalue weighted by Crippen LogP contribution is 2.28. The first-order valence-electron chi connectivity index (χ1n) is 6.96. The number of alkyl halides is 2. The fraction of sp³-hybridized carbons (Fsp3) is 0.250. The maximum atomic E-state index is 12.3. The van der Waals surface area contributed by atoms with Crippen molar-refractivity contribution in [3.8, 4) is 0 Å². The lowest BCUT2D eigenvalue weighted by Gasteiger charge is -2.14. The van der Waals surface area contributed by atoms with Gasteiger partial charge in [-0.05, 0) is 35.4 Å². The predicted molar refractivity (Wildman–Crippen MR) is 97.6 cm³/mol. The summed E-state index contributed by atoms with van der Waals surface area (Å²) >= 11 is 12.4. The Kier molecular flexibility index (Phi) is 5.79. The number of nitrogen functional groups attached to an aromatic ring is 2. The van der Waals surface area contributed by atoms with Gasteiger partial charge in [0.2, 0.25) is 0 Å². The van der Waals surface area contributed by atoms with E-state index in [1.165, 1.54) is 0 Å². The Bertz CT molecular complexity index is 687. The molecule has 7 heteroatoms. The average molecular weight is 373 g/mol. The van der Waals surface area contributed by atoms with Gasteiger partial charge in [0.05, 0.1) is 22.3 Å². The van der Waals surface area contributed by atoms with Gasteiger partial charge in [-0.15, -0.1) is 23.2 Å². The van der Waals surface area contributed by atoms with Crippen molar-refractivity contribution in [1.82, 2.24) is 0 Å². The minimum atomic E-state index is -3.42. The van der Waals surface area contributed by atoms with Crippen LogP contribution in [0.3, 0.4) is 0 Å². The Labute approximate surface area is 146 Å². The lowest BCUT2D eigenvalue weighted by Crippen LogP contribution is -2.18. The van der Waals surface area contributed by atoms with Crippen LogP contribution in [0.4, 0.5) is 11.4 Å². The van der Waals surface area contributed by atoms with E-state index in [0.717, 1.165) is 0 Å². The summed E-state index contributed by atoms with van der Waals surface area (Å²) in [5, 5.41) is -1.29. The van der Waals surface area contributed by atoms with Gasteiger partial charge in [-0.3, -0.25) is 0 Å². The molecule has 2 rings (SSSR count). The van der Waals surface area contributed by atoms with Crippen LogP contribution in [0.2, 0.25) is 0 Å². The molecule has 0 fully saturated rings. The van der Waals surface area contributed by atoms with Crippen LogP contribution in [0.5, 0.6) is 0 Å². The standard InChI is InChI=1S/C16H18Cl2N2O2S/c17-15(11-1-5-13(19)6-2-11)9-23(21,22)10-16(18)12-3-7-14(20)8-4-12/h1-8,15-16H,9-10,19-20H2. The molecule has 0 saturated carbocycles. The summed E-state index contributed by atoms with van der Waals surface area (Å²) < 4.78 is 24.6. The SMILES string of the molecule is Nc1ccc(C(Cl)CS(=O)(=O)CC(Cl)c2ccc(N)cc2)cc1. The zero-order valence-electron chi connectivity index (χ0n) is 12.3. The van der Waals surface area contributed by atoms with Crippen LogP contribution in [0.15, 0.2) is 48.5 Å². The fourth-order valence-electron chi connectivity index (χ4n) is 2.12. The summed E-state index contributed by atoms with van der Waals surface area (Å²) in [7, 11) is -3.42. The summed E-state index contributed by atoms with van der Waals surface area (Å²) in [6.45, 7) is 0. The van der Waals surface area contributed by atoms with Crippen molar-refractivity contribution < 1.29 is 8.42 Å². The van der Waals surface area contributed by atoms with E-state index in [-0.39, 0.29) is 11.5 Å². The monoisotopic (exact) mass is 372 g/mol. The number of sulfone groups is 1. The van der Waals surface area contributed by atoms with Gasteiger partial charge in [-0.1, -0.05) is 24.3 Å². The second-order valence-electron chi connectivity index (χ2n) is 5.35. The van der Waals surface area contributed by atoms with Crippen molar-refractivity contribution in [2.75, 3.05) is 23.0 Å². The number of nitrogens with two attached hydrogens (primary N) is 2. The Hall–Kier alpha value is -1.43. The van der Waals surface area contributed by atoms with E-state index >= 15 is 0 Å². The molecule has 124 valence electrons. The minimum absolute atomic E-state index is 0.184. The molecule has 0 amide bonds. The molecule has 0 spiro atoms. The Balaban J connectivity index is 2.03. The highest BCUT2D eigenvalue weighted by molar-refractivity contribution is 7.91.